The largest absolute Gasteiger partial charge is 0.368 e. The van der Waals surface area contributed by atoms with Crippen LogP contribution in [0.1, 0.15) is 72.9 Å². The molecule has 0 spiro atoms. The van der Waals surface area contributed by atoms with Gasteiger partial charge in [-0.2, -0.15) is 4.98 Å². The van der Waals surface area contributed by atoms with Gasteiger partial charge >= 0.3 is 0 Å². The van der Waals surface area contributed by atoms with E-state index in [-0.39, 0.29) is 24.1 Å². The molecule has 10 nitrogen and oxygen atoms in total. The van der Waals surface area contributed by atoms with E-state index in [0.29, 0.717) is 30.4 Å². The van der Waals surface area contributed by atoms with E-state index in [1.165, 1.54) is 0 Å². The van der Waals surface area contributed by atoms with Gasteiger partial charge in [-0.15, -0.1) is 5.10 Å². The van der Waals surface area contributed by atoms with Crippen LogP contribution in [0.5, 0.6) is 0 Å². The minimum absolute atomic E-state index is 0.0924. The summed E-state index contributed by atoms with van der Waals surface area (Å²) in [4.78, 5) is 16.6. The Hall–Kier alpha value is -2.33. The molecule has 146 valence electrons. The fourth-order valence-corrected chi connectivity index (χ4v) is 3.58. The van der Waals surface area contributed by atoms with Gasteiger partial charge in [-0.3, -0.25) is 4.79 Å². The van der Waals surface area contributed by atoms with E-state index in [1.807, 2.05) is 0 Å². The molecule has 2 aromatic heterocycles. The number of nitrogens with zero attached hydrogens (tertiary/aromatic N) is 5. The maximum Gasteiger partial charge on any atom is 0.273 e. The van der Waals surface area contributed by atoms with Crippen LogP contribution in [0.15, 0.2) is 10.7 Å². The Labute approximate surface area is 156 Å². The molecule has 2 aromatic rings. The summed E-state index contributed by atoms with van der Waals surface area (Å²) in [6.45, 7) is 1.13. The van der Waals surface area contributed by atoms with Crippen molar-refractivity contribution in [3.8, 4) is 0 Å². The van der Waals surface area contributed by atoms with Crippen LogP contribution in [0.4, 0.5) is 0 Å². The number of nitrogens with one attached hydrogen (secondary N) is 1. The van der Waals surface area contributed by atoms with Crippen molar-refractivity contribution in [2.24, 2.45) is 5.73 Å². The van der Waals surface area contributed by atoms with Crippen molar-refractivity contribution in [1.82, 2.24) is 30.5 Å². The maximum atomic E-state index is 12.3. The third-order valence-corrected chi connectivity index (χ3v) is 5.18. The van der Waals surface area contributed by atoms with Crippen LogP contribution in [-0.4, -0.2) is 50.2 Å². The molecule has 0 aromatic carbocycles. The summed E-state index contributed by atoms with van der Waals surface area (Å²) in [6.07, 6.45) is 7.90. The Morgan fingerprint density at radius 3 is 2.93 bits per heavy atom. The number of nitrogens with two attached hydrogens (primary N) is 1. The normalized spacial score (nSPS) is 25.6. The molecule has 0 bridgehead atoms. The first-order valence-electron chi connectivity index (χ1n) is 9.59. The molecule has 27 heavy (non-hydrogen) atoms. The molecular formula is C17H25N7O3. The monoisotopic (exact) mass is 375 g/mol. The lowest BCUT2D eigenvalue weighted by molar-refractivity contribution is 0.0835. The van der Waals surface area contributed by atoms with E-state index in [4.69, 9.17) is 15.0 Å². The van der Waals surface area contributed by atoms with Crippen LogP contribution in [0.3, 0.4) is 0 Å². The quantitative estimate of drug-likeness (QED) is 0.761. The summed E-state index contributed by atoms with van der Waals surface area (Å²) in [7, 11) is 0. The molecular weight excluding hydrogens is 350 g/mol. The topological polar surface area (TPSA) is 134 Å². The van der Waals surface area contributed by atoms with Crippen molar-refractivity contribution in [3.05, 3.63) is 23.6 Å². The lowest BCUT2D eigenvalue weighted by atomic mass is 9.92. The Kier molecular flexibility index (Phi) is 5.44. The van der Waals surface area contributed by atoms with Crippen molar-refractivity contribution in [3.63, 3.8) is 0 Å². The molecule has 3 N–H and O–H groups in total. The van der Waals surface area contributed by atoms with Crippen LogP contribution in [0, 0.1) is 0 Å². The minimum atomic E-state index is -0.253. The second-order valence-electron chi connectivity index (χ2n) is 7.21. The number of hydrogen-bond donors (Lipinski definition) is 2. The van der Waals surface area contributed by atoms with Crippen LogP contribution < -0.4 is 11.1 Å². The van der Waals surface area contributed by atoms with Gasteiger partial charge in [-0.1, -0.05) is 10.4 Å². The summed E-state index contributed by atoms with van der Waals surface area (Å²) in [5, 5.41) is 14.9. The molecule has 0 radical (unpaired) electrons. The third-order valence-electron chi connectivity index (χ3n) is 5.18. The highest BCUT2D eigenvalue weighted by Gasteiger charge is 2.24. The molecule has 3 heterocycles. The van der Waals surface area contributed by atoms with E-state index < -0.39 is 0 Å². The summed E-state index contributed by atoms with van der Waals surface area (Å²) in [5.74, 6) is 0.823. The minimum Gasteiger partial charge on any atom is -0.368 e. The highest BCUT2D eigenvalue weighted by atomic mass is 16.5. The molecule has 1 aliphatic carbocycles. The van der Waals surface area contributed by atoms with Gasteiger partial charge in [0.1, 0.15) is 6.10 Å². The molecule has 0 unspecified atom stereocenters. The van der Waals surface area contributed by atoms with Crippen LogP contribution in [0.25, 0.3) is 0 Å². The number of rotatable bonds is 6. The van der Waals surface area contributed by atoms with Gasteiger partial charge in [0.05, 0.1) is 12.2 Å². The Balaban J connectivity index is 1.25. The molecule has 1 aliphatic heterocycles. The first kappa shape index (κ1) is 18.1. The standard InChI is InChI=1S/C17H25N7O3/c18-11-3-5-12(6-4-11)24-10-13(21-23-24)16(25)19-8-7-15-20-17(27-22-15)14-2-1-9-26-14/h10-12,14H,1-9,18H2,(H,19,25)/t11?,12?,14-/m0/s1. The average molecular weight is 375 g/mol. The van der Waals surface area contributed by atoms with E-state index in [1.54, 1.807) is 10.9 Å². The van der Waals surface area contributed by atoms with Gasteiger partial charge in [0.15, 0.2) is 11.5 Å². The first-order chi connectivity index (χ1) is 13.2. The molecule has 1 amide bonds. The van der Waals surface area contributed by atoms with Crippen LogP contribution in [-0.2, 0) is 11.2 Å². The van der Waals surface area contributed by atoms with Gasteiger partial charge in [0, 0.05) is 25.6 Å². The van der Waals surface area contributed by atoms with Gasteiger partial charge in [0.2, 0.25) is 0 Å². The van der Waals surface area contributed by atoms with Crippen molar-refractivity contribution < 1.29 is 14.1 Å². The number of carbonyl (C=O) groups excluding carboxylic acids is 1. The Bertz CT molecular complexity index is 760. The van der Waals surface area contributed by atoms with Crippen LogP contribution >= 0.6 is 0 Å². The van der Waals surface area contributed by atoms with Gasteiger partial charge in [-0.05, 0) is 38.5 Å². The van der Waals surface area contributed by atoms with Gasteiger partial charge in [-0.25, -0.2) is 4.68 Å². The predicted molar refractivity (Wildman–Crippen MR) is 93.8 cm³/mol. The second-order valence-corrected chi connectivity index (χ2v) is 7.21. The van der Waals surface area contributed by atoms with E-state index in [9.17, 15) is 4.79 Å². The van der Waals surface area contributed by atoms with Crippen molar-refractivity contribution in [1.29, 1.82) is 0 Å². The van der Waals surface area contributed by atoms with E-state index in [0.717, 1.165) is 45.1 Å². The number of amides is 1. The number of carbonyl (C=O) groups is 1. The molecule has 10 heteroatoms. The smallest absolute Gasteiger partial charge is 0.273 e. The summed E-state index contributed by atoms with van der Waals surface area (Å²) in [5.41, 5.74) is 6.25. The van der Waals surface area contributed by atoms with Crippen molar-refractivity contribution in [2.75, 3.05) is 13.2 Å². The molecule has 4 rings (SSSR count). The molecule has 2 aliphatic rings. The fourth-order valence-electron chi connectivity index (χ4n) is 3.58. The lowest BCUT2D eigenvalue weighted by Crippen LogP contribution is -2.28. The first-order valence-corrected chi connectivity index (χ1v) is 9.59. The number of ether oxygens (including phenoxy) is 1. The second kappa shape index (κ2) is 8.13. The van der Waals surface area contributed by atoms with Crippen LogP contribution in [0.2, 0.25) is 0 Å². The molecule has 1 saturated carbocycles. The SMILES string of the molecule is NC1CCC(n2cc(C(=O)NCCc3noc([C@@H]4CCCO4)n3)nn2)CC1. The van der Waals surface area contributed by atoms with Gasteiger partial charge < -0.3 is 20.3 Å². The van der Waals surface area contributed by atoms with E-state index >= 15 is 0 Å². The summed E-state index contributed by atoms with van der Waals surface area (Å²) < 4.78 is 12.5. The highest BCUT2D eigenvalue weighted by molar-refractivity contribution is 5.91. The predicted octanol–water partition coefficient (Wildman–Crippen LogP) is 0.927. The molecule has 1 atom stereocenters. The maximum absolute atomic E-state index is 12.3. The summed E-state index contributed by atoms with van der Waals surface area (Å²) in [6, 6.07) is 0.549. The Morgan fingerprint density at radius 2 is 2.15 bits per heavy atom. The third kappa shape index (κ3) is 4.33. The lowest BCUT2D eigenvalue weighted by Gasteiger charge is -2.25. The highest BCUT2D eigenvalue weighted by Crippen LogP contribution is 2.27. The van der Waals surface area contributed by atoms with Gasteiger partial charge in [0.25, 0.3) is 11.8 Å². The zero-order valence-corrected chi connectivity index (χ0v) is 15.2. The molecule has 2 fully saturated rings. The van der Waals surface area contributed by atoms with Crippen molar-refractivity contribution >= 4 is 5.91 Å². The number of hydrogen-bond acceptors (Lipinski definition) is 8. The molecule has 1 saturated heterocycles. The van der Waals surface area contributed by atoms with Crippen molar-refractivity contribution in [2.45, 2.75) is 63.1 Å². The number of aromatic nitrogens is 5. The fraction of sp³-hybridized carbons (Fsp3) is 0.706. The average Bonchev–Trinajstić information content (AvgIpc) is 3.43. The summed E-state index contributed by atoms with van der Waals surface area (Å²) >= 11 is 0. The zero-order valence-electron chi connectivity index (χ0n) is 15.2. The zero-order chi connectivity index (χ0) is 18.6. The Morgan fingerprint density at radius 1 is 1.30 bits per heavy atom. The van der Waals surface area contributed by atoms with E-state index in [2.05, 4.69) is 25.8 Å².